The third kappa shape index (κ3) is 1.96. The van der Waals surface area contributed by atoms with E-state index in [1.807, 2.05) is 6.92 Å². The standard InChI is InChI=1S/C9H9ClFNO2/c1-2-5-3-7(10)6(4-8(5)12)9(13)14-11/h3-4H,2,12H2,1H3. The lowest BCUT2D eigenvalue weighted by atomic mass is 10.1. The van der Waals surface area contributed by atoms with E-state index in [9.17, 15) is 9.32 Å². The number of anilines is 1. The summed E-state index contributed by atoms with van der Waals surface area (Å²) in [6.45, 7) is 1.90. The van der Waals surface area contributed by atoms with E-state index < -0.39 is 5.97 Å². The maximum atomic E-state index is 11.6. The number of nitrogens with two attached hydrogens (primary N) is 1. The number of halogens is 2. The summed E-state index contributed by atoms with van der Waals surface area (Å²) in [4.78, 5) is 13.9. The predicted octanol–water partition coefficient (Wildman–Crippen LogP) is 2.53. The Morgan fingerprint density at radius 2 is 2.29 bits per heavy atom. The molecule has 0 aliphatic rings. The van der Waals surface area contributed by atoms with Crippen LogP contribution in [0.2, 0.25) is 5.02 Å². The Morgan fingerprint density at radius 1 is 1.64 bits per heavy atom. The van der Waals surface area contributed by atoms with Crippen molar-refractivity contribution in [1.82, 2.24) is 0 Å². The minimum absolute atomic E-state index is 0.0659. The van der Waals surface area contributed by atoms with Crippen LogP contribution in [0.4, 0.5) is 10.2 Å². The van der Waals surface area contributed by atoms with Gasteiger partial charge in [0.05, 0.1) is 10.6 Å². The fourth-order valence-electron chi connectivity index (χ4n) is 1.14. The number of aryl methyl sites for hydroxylation is 1. The highest BCUT2D eigenvalue weighted by molar-refractivity contribution is 6.33. The molecule has 76 valence electrons. The summed E-state index contributed by atoms with van der Waals surface area (Å²) < 4.78 is 11.6. The molecule has 3 nitrogen and oxygen atoms in total. The number of hydrogen-bond donors (Lipinski definition) is 1. The van der Waals surface area contributed by atoms with Gasteiger partial charge in [-0.15, -0.1) is 0 Å². The number of hydrogen-bond acceptors (Lipinski definition) is 3. The van der Waals surface area contributed by atoms with E-state index in [0.717, 1.165) is 5.56 Å². The van der Waals surface area contributed by atoms with Crippen LogP contribution in [0, 0.1) is 0 Å². The van der Waals surface area contributed by atoms with Crippen LogP contribution >= 0.6 is 11.6 Å². The van der Waals surface area contributed by atoms with Gasteiger partial charge in [0.1, 0.15) is 0 Å². The first kappa shape index (κ1) is 10.8. The second-order valence-electron chi connectivity index (χ2n) is 2.75. The van der Waals surface area contributed by atoms with Gasteiger partial charge >= 0.3 is 5.97 Å². The summed E-state index contributed by atoms with van der Waals surface area (Å²) in [7, 11) is 0. The van der Waals surface area contributed by atoms with Crippen molar-refractivity contribution in [3.63, 3.8) is 0 Å². The molecule has 0 aromatic heterocycles. The van der Waals surface area contributed by atoms with Gasteiger partial charge in [-0.1, -0.05) is 18.5 Å². The molecular weight excluding hydrogens is 209 g/mol. The first-order valence-electron chi connectivity index (χ1n) is 4.01. The second kappa shape index (κ2) is 4.28. The van der Waals surface area contributed by atoms with Crippen LogP contribution in [0.1, 0.15) is 22.8 Å². The third-order valence-corrected chi connectivity index (χ3v) is 2.21. The van der Waals surface area contributed by atoms with E-state index >= 15 is 0 Å². The molecule has 1 aromatic rings. The van der Waals surface area contributed by atoms with Gasteiger partial charge < -0.3 is 5.73 Å². The largest absolute Gasteiger partial charge is 0.398 e. The van der Waals surface area contributed by atoms with Crippen molar-refractivity contribution in [3.8, 4) is 0 Å². The van der Waals surface area contributed by atoms with Crippen LogP contribution in [0.3, 0.4) is 0 Å². The van der Waals surface area contributed by atoms with E-state index in [1.54, 1.807) is 0 Å². The van der Waals surface area contributed by atoms with Gasteiger partial charge in [0.15, 0.2) is 0 Å². The predicted molar refractivity (Wildman–Crippen MR) is 51.8 cm³/mol. The third-order valence-electron chi connectivity index (χ3n) is 1.90. The summed E-state index contributed by atoms with van der Waals surface area (Å²) in [5, 5.41) is 0.138. The number of carbonyl (C=O) groups excluding carboxylic acids is 1. The zero-order valence-electron chi connectivity index (χ0n) is 7.51. The van der Waals surface area contributed by atoms with Crippen molar-refractivity contribution >= 4 is 23.3 Å². The molecular formula is C9H9ClFNO2. The minimum Gasteiger partial charge on any atom is -0.398 e. The van der Waals surface area contributed by atoms with Gasteiger partial charge in [-0.3, -0.25) is 0 Å². The summed E-state index contributed by atoms with van der Waals surface area (Å²) in [6.07, 6.45) is 0.691. The molecule has 1 aromatic carbocycles. The van der Waals surface area contributed by atoms with Crippen molar-refractivity contribution in [1.29, 1.82) is 0 Å². The number of benzene rings is 1. The molecule has 2 N–H and O–H groups in total. The van der Waals surface area contributed by atoms with E-state index in [1.165, 1.54) is 12.1 Å². The molecule has 0 heterocycles. The molecule has 0 atom stereocenters. The van der Waals surface area contributed by atoms with Gasteiger partial charge in [-0.05, 0) is 24.1 Å². The minimum atomic E-state index is -1.13. The molecule has 1 rings (SSSR count). The Hall–Kier alpha value is -1.29. The lowest BCUT2D eigenvalue weighted by Crippen LogP contribution is -2.03. The fourth-order valence-corrected chi connectivity index (χ4v) is 1.40. The molecule has 0 saturated carbocycles. The second-order valence-corrected chi connectivity index (χ2v) is 3.16. The molecule has 0 saturated heterocycles. The van der Waals surface area contributed by atoms with Gasteiger partial charge in [0.2, 0.25) is 0 Å². The molecule has 0 bridgehead atoms. The topological polar surface area (TPSA) is 52.3 Å². The summed E-state index contributed by atoms with van der Waals surface area (Å²) in [5.74, 6) is -1.13. The van der Waals surface area contributed by atoms with Crippen LogP contribution in [0.25, 0.3) is 0 Å². The maximum Gasteiger partial charge on any atom is 0.381 e. The zero-order chi connectivity index (χ0) is 10.7. The van der Waals surface area contributed by atoms with E-state index in [-0.39, 0.29) is 10.6 Å². The molecule has 14 heavy (non-hydrogen) atoms. The van der Waals surface area contributed by atoms with E-state index in [4.69, 9.17) is 17.3 Å². The molecule has 0 aliphatic carbocycles. The highest BCUT2D eigenvalue weighted by Crippen LogP contribution is 2.24. The van der Waals surface area contributed by atoms with Gasteiger partial charge in [0.25, 0.3) is 0 Å². The smallest absolute Gasteiger partial charge is 0.381 e. The molecule has 0 fully saturated rings. The Balaban J connectivity index is 3.21. The number of carbonyl (C=O) groups is 1. The lowest BCUT2D eigenvalue weighted by Gasteiger charge is -2.06. The maximum absolute atomic E-state index is 11.6. The van der Waals surface area contributed by atoms with Crippen LogP contribution in [-0.2, 0) is 11.4 Å². The highest BCUT2D eigenvalue weighted by Gasteiger charge is 2.14. The fraction of sp³-hybridized carbons (Fsp3) is 0.222. The van der Waals surface area contributed by atoms with Gasteiger partial charge in [-0.25, -0.2) is 9.74 Å². The first-order chi connectivity index (χ1) is 6.60. The number of rotatable bonds is 2. The molecule has 0 spiro atoms. The lowest BCUT2D eigenvalue weighted by molar-refractivity contribution is -0.0787. The van der Waals surface area contributed by atoms with Crippen molar-refractivity contribution in [3.05, 3.63) is 28.3 Å². The average Bonchev–Trinajstić information content (AvgIpc) is 2.19. The monoisotopic (exact) mass is 217 g/mol. The Bertz CT molecular complexity index is 368. The van der Waals surface area contributed by atoms with Crippen LogP contribution in [-0.4, -0.2) is 5.97 Å². The molecule has 5 heteroatoms. The molecule has 0 radical (unpaired) electrons. The summed E-state index contributed by atoms with van der Waals surface area (Å²) in [5.41, 5.74) is 6.75. The van der Waals surface area contributed by atoms with Crippen molar-refractivity contribution in [2.24, 2.45) is 0 Å². The van der Waals surface area contributed by atoms with E-state index in [0.29, 0.717) is 12.1 Å². The van der Waals surface area contributed by atoms with Crippen LogP contribution < -0.4 is 5.73 Å². The molecule has 0 aliphatic heterocycles. The van der Waals surface area contributed by atoms with E-state index in [2.05, 4.69) is 4.94 Å². The van der Waals surface area contributed by atoms with Crippen LogP contribution in [0.15, 0.2) is 12.1 Å². The normalized spacial score (nSPS) is 9.93. The average molecular weight is 218 g/mol. The Morgan fingerprint density at radius 3 is 2.79 bits per heavy atom. The Kier molecular flexibility index (Phi) is 3.30. The SMILES string of the molecule is CCc1cc(Cl)c(C(=O)OF)cc1N. The first-order valence-corrected chi connectivity index (χ1v) is 4.38. The van der Waals surface area contributed by atoms with Crippen LogP contribution in [0.5, 0.6) is 0 Å². The zero-order valence-corrected chi connectivity index (χ0v) is 8.27. The summed E-state index contributed by atoms with van der Waals surface area (Å²) in [6, 6.07) is 2.84. The summed E-state index contributed by atoms with van der Waals surface area (Å²) >= 11 is 5.73. The van der Waals surface area contributed by atoms with Gasteiger partial charge in [0, 0.05) is 10.2 Å². The molecule has 0 unspecified atom stereocenters. The quantitative estimate of drug-likeness (QED) is 0.775. The number of nitrogen functional groups attached to an aromatic ring is 1. The molecule has 0 amide bonds. The van der Waals surface area contributed by atoms with Crippen molar-refractivity contribution in [2.75, 3.05) is 5.73 Å². The van der Waals surface area contributed by atoms with Gasteiger partial charge in [-0.2, -0.15) is 0 Å². The highest BCUT2D eigenvalue weighted by atomic mass is 35.5. The Labute approximate surface area is 85.5 Å². The van der Waals surface area contributed by atoms with Crippen molar-refractivity contribution < 1.29 is 14.3 Å². The van der Waals surface area contributed by atoms with Crippen molar-refractivity contribution in [2.45, 2.75) is 13.3 Å².